The summed E-state index contributed by atoms with van der Waals surface area (Å²) in [6.07, 6.45) is -1.10. The molecule has 0 unspecified atom stereocenters. The molecule has 3 rings (SSSR count). The van der Waals surface area contributed by atoms with Crippen LogP contribution in [0.4, 0.5) is 19.3 Å². The van der Waals surface area contributed by atoms with Crippen LogP contribution in [0.5, 0.6) is 5.75 Å². The minimum Gasteiger partial charge on any atom is -0.473 e. The van der Waals surface area contributed by atoms with Gasteiger partial charge in [-0.2, -0.15) is 0 Å². The highest BCUT2D eigenvalue weighted by Crippen LogP contribution is 2.42. The van der Waals surface area contributed by atoms with Crippen LogP contribution in [0.3, 0.4) is 0 Å². The largest absolute Gasteiger partial charge is 0.473 e. The molecule has 1 aromatic rings. The zero-order valence-corrected chi connectivity index (χ0v) is 15.8. The van der Waals surface area contributed by atoms with E-state index in [1.807, 2.05) is 0 Å². The van der Waals surface area contributed by atoms with Gasteiger partial charge in [-0.05, 0) is 20.8 Å². The lowest BCUT2D eigenvalue weighted by molar-refractivity contribution is -0.145. The second-order valence-electron chi connectivity index (χ2n) is 7.66. The lowest BCUT2D eigenvalue weighted by atomic mass is 9.96. The second-order valence-corrected chi connectivity index (χ2v) is 7.66. The smallest absolute Gasteiger partial charge is 0.411 e. The summed E-state index contributed by atoms with van der Waals surface area (Å²) in [5.41, 5.74) is -2.87. The van der Waals surface area contributed by atoms with Crippen LogP contribution in [-0.2, 0) is 19.1 Å². The quantitative estimate of drug-likeness (QED) is 0.729. The number of fused-ring (bicyclic) bond motifs is 1. The normalized spacial score (nSPS) is 23.7. The first-order valence-corrected chi connectivity index (χ1v) is 8.53. The Morgan fingerprint density at radius 1 is 1.32 bits per heavy atom. The van der Waals surface area contributed by atoms with E-state index < -0.39 is 46.8 Å². The predicted octanol–water partition coefficient (Wildman–Crippen LogP) is 2.22. The van der Waals surface area contributed by atoms with E-state index in [0.717, 1.165) is 18.1 Å². The molecule has 1 N–H and O–H groups in total. The minimum atomic E-state index is -1.72. The Balaban J connectivity index is 1.96. The maximum atomic E-state index is 13.9. The molecule has 2 aliphatic rings. The summed E-state index contributed by atoms with van der Waals surface area (Å²) in [6, 6.07) is 0.368. The molecule has 0 aliphatic carbocycles. The summed E-state index contributed by atoms with van der Waals surface area (Å²) in [4.78, 5) is 38.5. The van der Waals surface area contributed by atoms with Crippen molar-refractivity contribution in [3.63, 3.8) is 0 Å². The van der Waals surface area contributed by atoms with E-state index >= 15 is 0 Å². The van der Waals surface area contributed by atoms with Crippen LogP contribution >= 0.6 is 0 Å². The molecule has 2 atom stereocenters. The van der Waals surface area contributed by atoms with Crippen molar-refractivity contribution in [2.75, 3.05) is 19.0 Å². The van der Waals surface area contributed by atoms with Gasteiger partial charge in [-0.25, -0.2) is 18.4 Å². The fourth-order valence-electron chi connectivity index (χ4n) is 3.21. The molecule has 2 aliphatic heterocycles. The summed E-state index contributed by atoms with van der Waals surface area (Å²) in [6.45, 7) is 4.59. The zero-order chi connectivity index (χ0) is 20.9. The van der Waals surface area contributed by atoms with Gasteiger partial charge in [-0.1, -0.05) is 0 Å². The van der Waals surface area contributed by atoms with Gasteiger partial charge in [0.2, 0.25) is 5.60 Å². The zero-order valence-electron chi connectivity index (χ0n) is 15.8. The summed E-state index contributed by atoms with van der Waals surface area (Å²) >= 11 is 0. The van der Waals surface area contributed by atoms with Crippen LogP contribution in [0.15, 0.2) is 12.1 Å². The number of nitrogens with one attached hydrogen (secondary N) is 1. The first kappa shape index (κ1) is 19.8. The number of nitrogens with zero attached hydrogens (tertiary/aromatic N) is 1. The van der Waals surface area contributed by atoms with Gasteiger partial charge in [0.25, 0.3) is 5.91 Å². The average Bonchev–Trinajstić information content (AvgIpc) is 2.95. The molecule has 28 heavy (non-hydrogen) atoms. The fourth-order valence-corrected chi connectivity index (χ4v) is 3.21. The van der Waals surface area contributed by atoms with E-state index in [9.17, 15) is 23.2 Å². The summed E-state index contributed by atoms with van der Waals surface area (Å²) in [5.74, 6) is -3.65. The number of halogens is 2. The SMILES string of the molecule is COC(=O)[C@@H]1C[C@]2(CN1C(=O)OC(C)(C)C)Oc1cc(F)cc(F)c1NC2=O. The molecule has 1 spiro atoms. The Bertz CT molecular complexity index is 853. The molecular weight excluding hydrogens is 378 g/mol. The highest BCUT2D eigenvalue weighted by Gasteiger charge is 2.58. The third kappa shape index (κ3) is 3.46. The van der Waals surface area contributed by atoms with Gasteiger partial charge in [0, 0.05) is 18.6 Å². The standard InChI is InChI=1S/C18H20F2N2O6/c1-17(2,3)28-16(25)22-8-18(7-11(22)14(23)26-4)15(24)21-13-10(20)5-9(19)6-12(13)27-18/h5-6,11H,7-8H2,1-4H3,(H,21,24)/t11-,18+/m0/s1. The van der Waals surface area contributed by atoms with E-state index in [-0.39, 0.29) is 24.4 Å². The van der Waals surface area contributed by atoms with Crippen molar-refractivity contribution in [3.05, 3.63) is 23.8 Å². The van der Waals surface area contributed by atoms with Gasteiger partial charge in [0.05, 0.1) is 13.7 Å². The number of carbonyl (C=O) groups is 3. The van der Waals surface area contributed by atoms with Crippen molar-refractivity contribution >= 4 is 23.7 Å². The third-order valence-electron chi connectivity index (χ3n) is 4.40. The van der Waals surface area contributed by atoms with Gasteiger partial charge in [-0.15, -0.1) is 0 Å². The van der Waals surface area contributed by atoms with Crippen LogP contribution in [-0.4, -0.2) is 53.8 Å². The predicted molar refractivity (Wildman–Crippen MR) is 91.7 cm³/mol. The fraction of sp³-hybridized carbons (Fsp3) is 0.500. The van der Waals surface area contributed by atoms with E-state index in [1.165, 1.54) is 0 Å². The number of anilines is 1. The number of rotatable bonds is 1. The number of amides is 2. The molecule has 1 aromatic carbocycles. The summed E-state index contributed by atoms with van der Waals surface area (Å²) in [5, 5.41) is 2.34. The Labute approximate surface area is 159 Å². The monoisotopic (exact) mass is 398 g/mol. The van der Waals surface area contributed by atoms with E-state index in [1.54, 1.807) is 20.8 Å². The molecule has 0 radical (unpaired) electrons. The maximum Gasteiger partial charge on any atom is 0.411 e. The number of hydrogen-bond acceptors (Lipinski definition) is 6. The maximum absolute atomic E-state index is 13.9. The van der Waals surface area contributed by atoms with Crippen LogP contribution in [0.25, 0.3) is 0 Å². The van der Waals surface area contributed by atoms with E-state index in [2.05, 4.69) is 5.32 Å². The van der Waals surface area contributed by atoms with Crippen molar-refractivity contribution in [3.8, 4) is 5.75 Å². The van der Waals surface area contributed by atoms with Crippen LogP contribution in [0.1, 0.15) is 27.2 Å². The number of hydrogen-bond donors (Lipinski definition) is 1. The number of esters is 1. The Hall–Kier alpha value is -2.91. The molecule has 2 heterocycles. The molecule has 10 heteroatoms. The second kappa shape index (κ2) is 6.61. The van der Waals surface area contributed by atoms with Gasteiger partial charge in [-0.3, -0.25) is 9.69 Å². The first-order chi connectivity index (χ1) is 13.0. The number of benzene rings is 1. The number of likely N-dealkylation sites (tertiary alicyclic amines) is 1. The third-order valence-corrected chi connectivity index (χ3v) is 4.40. The van der Waals surface area contributed by atoms with Crippen LogP contribution < -0.4 is 10.1 Å². The lowest BCUT2D eigenvalue weighted by Gasteiger charge is -2.34. The molecule has 8 nitrogen and oxygen atoms in total. The number of carbonyl (C=O) groups excluding carboxylic acids is 3. The van der Waals surface area contributed by atoms with Crippen molar-refractivity contribution in [1.82, 2.24) is 4.90 Å². The number of ether oxygens (including phenoxy) is 3. The van der Waals surface area contributed by atoms with Crippen molar-refractivity contribution < 1.29 is 37.4 Å². The van der Waals surface area contributed by atoms with Crippen molar-refractivity contribution in [2.24, 2.45) is 0 Å². The minimum absolute atomic E-state index is 0.230. The highest BCUT2D eigenvalue weighted by atomic mass is 19.1. The molecule has 0 bridgehead atoms. The van der Waals surface area contributed by atoms with Crippen LogP contribution in [0, 0.1) is 11.6 Å². The molecule has 152 valence electrons. The topological polar surface area (TPSA) is 94.2 Å². The lowest BCUT2D eigenvalue weighted by Crippen LogP contribution is -2.53. The Morgan fingerprint density at radius 2 is 2.00 bits per heavy atom. The molecular formula is C18H20F2N2O6. The molecule has 2 amide bonds. The van der Waals surface area contributed by atoms with Gasteiger partial charge in [0.1, 0.15) is 23.1 Å². The van der Waals surface area contributed by atoms with E-state index in [0.29, 0.717) is 6.07 Å². The molecule has 1 saturated heterocycles. The van der Waals surface area contributed by atoms with Gasteiger partial charge in [0.15, 0.2) is 11.6 Å². The van der Waals surface area contributed by atoms with Gasteiger partial charge < -0.3 is 19.5 Å². The molecule has 1 fully saturated rings. The highest BCUT2D eigenvalue weighted by molar-refractivity contribution is 6.02. The van der Waals surface area contributed by atoms with E-state index in [4.69, 9.17) is 14.2 Å². The van der Waals surface area contributed by atoms with Crippen LogP contribution in [0.2, 0.25) is 0 Å². The van der Waals surface area contributed by atoms with Crippen molar-refractivity contribution in [2.45, 2.75) is 44.4 Å². The van der Waals surface area contributed by atoms with Crippen molar-refractivity contribution in [1.29, 1.82) is 0 Å². The molecule has 0 aromatic heterocycles. The Kier molecular flexibility index (Phi) is 4.68. The Morgan fingerprint density at radius 3 is 2.61 bits per heavy atom. The van der Waals surface area contributed by atoms with Gasteiger partial charge >= 0.3 is 12.1 Å². The first-order valence-electron chi connectivity index (χ1n) is 8.53. The summed E-state index contributed by atoms with van der Waals surface area (Å²) in [7, 11) is 1.14. The number of methoxy groups -OCH3 is 1. The molecule has 0 saturated carbocycles. The summed E-state index contributed by atoms with van der Waals surface area (Å²) < 4.78 is 43.2. The average molecular weight is 398 g/mol.